The van der Waals surface area contributed by atoms with E-state index in [-0.39, 0.29) is 11.5 Å². The number of pyridine rings is 1. The normalized spacial score (nSPS) is 25.3. The highest BCUT2D eigenvalue weighted by atomic mass is 32.1. The molecular formula is C15H21N3O2S. The molecule has 0 unspecified atom stereocenters. The first kappa shape index (κ1) is 15.7. The van der Waals surface area contributed by atoms with Gasteiger partial charge in [0.05, 0.1) is 16.1 Å². The second-order valence-electron chi connectivity index (χ2n) is 5.69. The van der Waals surface area contributed by atoms with Crippen LogP contribution in [0.25, 0.3) is 0 Å². The van der Waals surface area contributed by atoms with Crippen molar-refractivity contribution in [3.05, 3.63) is 34.2 Å². The Morgan fingerprint density at radius 2 is 2.14 bits per heavy atom. The second kappa shape index (κ2) is 6.39. The highest BCUT2D eigenvalue weighted by Gasteiger charge is 2.39. The smallest absolute Gasteiger partial charge is 0.253 e. The highest BCUT2D eigenvalue weighted by Crippen LogP contribution is 2.34. The first-order valence-corrected chi connectivity index (χ1v) is 7.69. The number of thiocarbonyl (C=S) groups is 1. The van der Waals surface area contributed by atoms with Gasteiger partial charge in [-0.05, 0) is 37.7 Å². The fourth-order valence-corrected chi connectivity index (χ4v) is 3.11. The summed E-state index contributed by atoms with van der Waals surface area (Å²) in [6.45, 7) is 2.18. The monoisotopic (exact) mass is 307 g/mol. The van der Waals surface area contributed by atoms with Crippen molar-refractivity contribution in [3.8, 4) is 0 Å². The lowest BCUT2D eigenvalue weighted by atomic mass is 9.75. The number of hydrogen-bond donors (Lipinski definition) is 3. The lowest BCUT2D eigenvalue weighted by Gasteiger charge is -2.40. The van der Waals surface area contributed by atoms with Gasteiger partial charge in [-0.25, -0.2) is 0 Å². The van der Waals surface area contributed by atoms with Crippen molar-refractivity contribution in [2.24, 2.45) is 11.7 Å². The third-order valence-electron chi connectivity index (χ3n) is 4.41. The predicted molar refractivity (Wildman–Crippen MR) is 86.3 cm³/mol. The van der Waals surface area contributed by atoms with E-state index in [4.69, 9.17) is 18.0 Å². The van der Waals surface area contributed by atoms with E-state index in [2.05, 4.69) is 17.2 Å². The summed E-state index contributed by atoms with van der Waals surface area (Å²) >= 11 is 5.20. The third-order valence-corrected chi connectivity index (χ3v) is 4.80. The SMILES string of the molecule is CCC1CCC(NC(=O)c2ccc(=O)[nH]c2)(C(N)=S)CC1. The first-order valence-electron chi connectivity index (χ1n) is 7.28. The van der Waals surface area contributed by atoms with Crippen molar-refractivity contribution in [1.82, 2.24) is 10.3 Å². The summed E-state index contributed by atoms with van der Waals surface area (Å²) in [6, 6.07) is 2.83. The standard InChI is InChI=1S/C15H21N3O2S/c1-2-10-5-7-15(8-6-10,14(16)21)18-13(20)11-3-4-12(19)17-9-11/h3-4,9-10H,2,5-8H2,1H3,(H2,16,21)(H,17,19)(H,18,20). The molecule has 4 N–H and O–H groups in total. The molecule has 0 aromatic carbocycles. The minimum Gasteiger partial charge on any atom is -0.391 e. The third kappa shape index (κ3) is 3.50. The Morgan fingerprint density at radius 3 is 2.62 bits per heavy atom. The average Bonchev–Trinajstić information content (AvgIpc) is 2.48. The van der Waals surface area contributed by atoms with Gasteiger partial charge in [0.15, 0.2) is 0 Å². The zero-order valence-electron chi connectivity index (χ0n) is 12.1. The highest BCUT2D eigenvalue weighted by molar-refractivity contribution is 7.80. The molecule has 0 radical (unpaired) electrons. The van der Waals surface area contributed by atoms with Gasteiger partial charge in [-0.15, -0.1) is 0 Å². The molecule has 1 aliphatic carbocycles. The Morgan fingerprint density at radius 1 is 1.48 bits per heavy atom. The molecule has 1 fully saturated rings. The molecule has 6 heteroatoms. The van der Waals surface area contributed by atoms with Crippen molar-refractivity contribution < 1.29 is 4.79 Å². The molecule has 1 aliphatic rings. The number of H-pyrrole nitrogens is 1. The summed E-state index contributed by atoms with van der Waals surface area (Å²) in [5.41, 5.74) is 5.46. The predicted octanol–water partition coefficient (Wildman–Crippen LogP) is 1.73. The number of nitrogens with two attached hydrogens (primary N) is 1. The summed E-state index contributed by atoms with van der Waals surface area (Å²) in [5.74, 6) is 0.423. The molecule has 21 heavy (non-hydrogen) atoms. The van der Waals surface area contributed by atoms with Crippen LogP contribution in [0.1, 0.15) is 49.4 Å². The number of nitrogens with one attached hydrogen (secondary N) is 2. The maximum Gasteiger partial charge on any atom is 0.253 e. The fraction of sp³-hybridized carbons (Fsp3) is 0.533. The summed E-state index contributed by atoms with van der Waals surface area (Å²) in [5, 5.41) is 2.99. The summed E-state index contributed by atoms with van der Waals surface area (Å²) in [7, 11) is 0. The van der Waals surface area contributed by atoms with Crippen molar-refractivity contribution >= 4 is 23.1 Å². The Kier molecular flexibility index (Phi) is 4.77. The van der Waals surface area contributed by atoms with E-state index in [0.29, 0.717) is 16.5 Å². The van der Waals surface area contributed by atoms with Gasteiger partial charge in [0.25, 0.3) is 5.91 Å². The zero-order chi connectivity index (χ0) is 15.5. The van der Waals surface area contributed by atoms with Crippen LogP contribution in [-0.4, -0.2) is 21.4 Å². The van der Waals surface area contributed by atoms with E-state index in [9.17, 15) is 9.59 Å². The van der Waals surface area contributed by atoms with Gasteiger partial charge in [-0.2, -0.15) is 0 Å². The molecule has 1 aromatic rings. The summed E-state index contributed by atoms with van der Waals surface area (Å²) < 4.78 is 0. The Bertz CT molecular complexity index is 568. The van der Waals surface area contributed by atoms with Crippen LogP contribution in [0.3, 0.4) is 0 Å². The van der Waals surface area contributed by atoms with Gasteiger partial charge < -0.3 is 16.0 Å². The molecule has 1 heterocycles. The topological polar surface area (TPSA) is 88.0 Å². The van der Waals surface area contributed by atoms with Crippen LogP contribution in [0.4, 0.5) is 0 Å². The molecule has 0 spiro atoms. The number of rotatable bonds is 4. The van der Waals surface area contributed by atoms with Crippen LogP contribution in [0.5, 0.6) is 0 Å². The van der Waals surface area contributed by atoms with E-state index >= 15 is 0 Å². The lowest BCUT2D eigenvalue weighted by Crippen LogP contribution is -2.58. The summed E-state index contributed by atoms with van der Waals surface area (Å²) in [4.78, 5) is 26.2. The van der Waals surface area contributed by atoms with E-state index in [1.807, 2.05) is 0 Å². The molecule has 0 atom stereocenters. The van der Waals surface area contributed by atoms with Crippen LogP contribution in [0.15, 0.2) is 23.1 Å². The molecule has 0 bridgehead atoms. The van der Waals surface area contributed by atoms with Gasteiger partial charge >= 0.3 is 0 Å². The van der Waals surface area contributed by atoms with E-state index in [0.717, 1.165) is 32.1 Å². The number of carbonyl (C=O) groups excluding carboxylic acids is 1. The minimum atomic E-state index is -0.603. The van der Waals surface area contributed by atoms with Crippen molar-refractivity contribution in [3.63, 3.8) is 0 Å². The van der Waals surface area contributed by atoms with Crippen LogP contribution < -0.4 is 16.6 Å². The quantitative estimate of drug-likeness (QED) is 0.739. The van der Waals surface area contributed by atoms with Gasteiger partial charge in [-0.3, -0.25) is 9.59 Å². The van der Waals surface area contributed by atoms with Crippen molar-refractivity contribution in [2.75, 3.05) is 0 Å². The summed E-state index contributed by atoms with van der Waals surface area (Å²) in [6.07, 6.45) is 6.12. The number of aromatic nitrogens is 1. The second-order valence-corrected chi connectivity index (χ2v) is 6.13. The van der Waals surface area contributed by atoms with Crippen LogP contribution >= 0.6 is 12.2 Å². The Hall–Kier alpha value is -1.69. The van der Waals surface area contributed by atoms with Gasteiger partial charge in [-0.1, -0.05) is 25.6 Å². The number of aromatic amines is 1. The van der Waals surface area contributed by atoms with Gasteiger partial charge in [0.1, 0.15) is 0 Å². The zero-order valence-corrected chi connectivity index (χ0v) is 13.0. The van der Waals surface area contributed by atoms with Crippen LogP contribution in [0, 0.1) is 5.92 Å². The fourth-order valence-electron chi connectivity index (χ4n) is 2.85. The van der Waals surface area contributed by atoms with Gasteiger partial charge in [0, 0.05) is 12.3 Å². The number of amides is 1. The van der Waals surface area contributed by atoms with E-state index < -0.39 is 5.54 Å². The number of carbonyl (C=O) groups is 1. The maximum absolute atomic E-state index is 12.3. The first-order chi connectivity index (χ1) is 9.97. The van der Waals surface area contributed by atoms with Crippen LogP contribution in [-0.2, 0) is 0 Å². The van der Waals surface area contributed by atoms with Crippen molar-refractivity contribution in [1.29, 1.82) is 0 Å². The minimum absolute atomic E-state index is 0.237. The van der Waals surface area contributed by atoms with E-state index in [1.54, 1.807) is 0 Å². The van der Waals surface area contributed by atoms with Crippen LogP contribution in [0.2, 0.25) is 0 Å². The molecule has 1 saturated carbocycles. The molecular weight excluding hydrogens is 286 g/mol. The molecule has 1 amide bonds. The molecule has 1 aromatic heterocycles. The average molecular weight is 307 g/mol. The Balaban J connectivity index is 2.13. The lowest BCUT2D eigenvalue weighted by molar-refractivity contribution is 0.0898. The van der Waals surface area contributed by atoms with E-state index in [1.165, 1.54) is 18.3 Å². The molecule has 5 nitrogen and oxygen atoms in total. The van der Waals surface area contributed by atoms with Crippen molar-refractivity contribution in [2.45, 2.75) is 44.6 Å². The molecule has 0 aliphatic heterocycles. The molecule has 2 rings (SSSR count). The number of hydrogen-bond acceptors (Lipinski definition) is 3. The Labute approximate surface area is 129 Å². The van der Waals surface area contributed by atoms with Gasteiger partial charge in [0.2, 0.25) is 5.56 Å². The molecule has 0 saturated heterocycles. The molecule has 114 valence electrons. The largest absolute Gasteiger partial charge is 0.391 e. The maximum atomic E-state index is 12.3.